The fourth-order valence-electron chi connectivity index (χ4n) is 2.06. The van der Waals surface area contributed by atoms with Crippen molar-refractivity contribution in [1.29, 1.82) is 0 Å². The number of halogens is 1. The van der Waals surface area contributed by atoms with Gasteiger partial charge in [-0.2, -0.15) is 5.10 Å². The fraction of sp³-hybridized carbons (Fsp3) is 0.357. The summed E-state index contributed by atoms with van der Waals surface area (Å²) in [5, 5.41) is 7.81. The minimum Gasteiger partial charge on any atom is -0.394 e. The SMILES string of the molecule is CCCc1nn(C)c(NCc2cccc(Br)c2)c1N. The second-order valence-corrected chi connectivity index (χ2v) is 5.48. The number of rotatable bonds is 5. The van der Waals surface area contributed by atoms with E-state index in [4.69, 9.17) is 5.73 Å². The van der Waals surface area contributed by atoms with Gasteiger partial charge in [0.1, 0.15) is 5.82 Å². The van der Waals surface area contributed by atoms with Gasteiger partial charge in [-0.25, -0.2) is 0 Å². The summed E-state index contributed by atoms with van der Waals surface area (Å²) in [6.45, 7) is 2.86. The fourth-order valence-corrected chi connectivity index (χ4v) is 2.51. The van der Waals surface area contributed by atoms with Crippen LogP contribution in [0.25, 0.3) is 0 Å². The summed E-state index contributed by atoms with van der Waals surface area (Å²) >= 11 is 3.47. The maximum Gasteiger partial charge on any atom is 0.148 e. The monoisotopic (exact) mass is 322 g/mol. The zero-order valence-corrected chi connectivity index (χ0v) is 12.9. The smallest absolute Gasteiger partial charge is 0.148 e. The molecule has 102 valence electrons. The number of benzene rings is 1. The summed E-state index contributed by atoms with van der Waals surface area (Å²) < 4.78 is 2.90. The molecule has 5 heteroatoms. The molecule has 0 radical (unpaired) electrons. The molecule has 0 saturated heterocycles. The highest BCUT2D eigenvalue weighted by molar-refractivity contribution is 9.10. The van der Waals surface area contributed by atoms with E-state index in [9.17, 15) is 0 Å². The summed E-state index contributed by atoms with van der Waals surface area (Å²) in [5.74, 6) is 0.892. The molecule has 0 fully saturated rings. The van der Waals surface area contributed by atoms with Gasteiger partial charge in [-0.05, 0) is 24.1 Å². The Bertz CT molecular complexity index is 563. The first-order chi connectivity index (χ1) is 9.11. The molecule has 1 aromatic heterocycles. The minimum absolute atomic E-state index is 0.731. The van der Waals surface area contributed by atoms with Gasteiger partial charge in [0.15, 0.2) is 0 Å². The van der Waals surface area contributed by atoms with Crippen LogP contribution in [0.3, 0.4) is 0 Å². The van der Waals surface area contributed by atoms with Gasteiger partial charge in [-0.3, -0.25) is 4.68 Å². The third-order valence-corrected chi connectivity index (χ3v) is 3.49. The number of aryl methyl sites for hydroxylation is 2. The summed E-state index contributed by atoms with van der Waals surface area (Å²) in [6, 6.07) is 8.21. The molecule has 3 N–H and O–H groups in total. The van der Waals surface area contributed by atoms with Gasteiger partial charge in [0.2, 0.25) is 0 Å². The number of hydrogen-bond donors (Lipinski definition) is 2. The lowest BCUT2D eigenvalue weighted by Gasteiger charge is -2.08. The molecule has 0 aliphatic heterocycles. The quantitative estimate of drug-likeness (QED) is 0.887. The van der Waals surface area contributed by atoms with E-state index in [1.807, 2.05) is 23.9 Å². The van der Waals surface area contributed by atoms with E-state index in [0.717, 1.165) is 41.1 Å². The van der Waals surface area contributed by atoms with Crippen LogP contribution in [0.15, 0.2) is 28.7 Å². The first-order valence-corrected chi connectivity index (χ1v) is 7.20. The van der Waals surface area contributed by atoms with Crippen LogP contribution in [-0.2, 0) is 20.0 Å². The van der Waals surface area contributed by atoms with E-state index in [2.05, 4.69) is 45.4 Å². The van der Waals surface area contributed by atoms with Crippen LogP contribution in [-0.4, -0.2) is 9.78 Å². The molecule has 0 amide bonds. The van der Waals surface area contributed by atoms with Crippen LogP contribution in [0, 0.1) is 0 Å². The number of anilines is 2. The van der Waals surface area contributed by atoms with Gasteiger partial charge in [-0.1, -0.05) is 41.4 Å². The summed E-state index contributed by atoms with van der Waals surface area (Å²) in [7, 11) is 1.92. The van der Waals surface area contributed by atoms with Crippen LogP contribution in [0.1, 0.15) is 24.6 Å². The maximum absolute atomic E-state index is 6.13. The first kappa shape index (κ1) is 13.9. The number of nitrogens with two attached hydrogens (primary N) is 1. The normalized spacial score (nSPS) is 10.7. The Morgan fingerprint density at radius 3 is 2.89 bits per heavy atom. The Balaban J connectivity index is 2.11. The molecule has 1 heterocycles. The van der Waals surface area contributed by atoms with Crippen molar-refractivity contribution in [3.63, 3.8) is 0 Å². The van der Waals surface area contributed by atoms with Gasteiger partial charge in [0.25, 0.3) is 0 Å². The lowest BCUT2D eigenvalue weighted by atomic mass is 10.2. The van der Waals surface area contributed by atoms with E-state index < -0.39 is 0 Å². The van der Waals surface area contributed by atoms with Gasteiger partial charge < -0.3 is 11.1 Å². The molecule has 0 aliphatic carbocycles. The predicted octanol–water partition coefficient (Wildman–Crippen LogP) is 3.33. The van der Waals surface area contributed by atoms with Gasteiger partial charge >= 0.3 is 0 Å². The number of nitrogens with one attached hydrogen (secondary N) is 1. The van der Waals surface area contributed by atoms with Gasteiger partial charge in [0, 0.05) is 18.1 Å². The molecular formula is C14H19BrN4. The van der Waals surface area contributed by atoms with Crippen molar-refractivity contribution >= 4 is 27.4 Å². The highest BCUT2D eigenvalue weighted by atomic mass is 79.9. The number of nitrogens with zero attached hydrogens (tertiary/aromatic N) is 2. The van der Waals surface area contributed by atoms with Crippen LogP contribution in [0.4, 0.5) is 11.5 Å². The molecule has 0 bridgehead atoms. The van der Waals surface area contributed by atoms with Crippen molar-refractivity contribution in [2.45, 2.75) is 26.3 Å². The molecule has 19 heavy (non-hydrogen) atoms. The summed E-state index contributed by atoms with van der Waals surface area (Å²) in [5.41, 5.74) is 9.07. The first-order valence-electron chi connectivity index (χ1n) is 6.41. The second kappa shape index (κ2) is 6.10. The number of nitrogen functional groups attached to an aromatic ring is 1. The van der Waals surface area contributed by atoms with Crippen molar-refractivity contribution < 1.29 is 0 Å². The topological polar surface area (TPSA) is 55.9 Å². The predicted molar refractivity (Wildman–Crippen MR) is 83.1 cm³/mol. The molecule has 2 aromatic rings. The van der Waals surface area contributed by atoms with Gasteiger partial charge in [0.05, 0.1) is 11.4 Å². The van der Waals surface area contributed by atoms with E-state index in [1.165, 1.54) is 5.56 Å². The Morgan fingerprint density at radius 2 is 2.21 bits per heavy atom. The molecule has 0 spiro atoms. The van der Waals surface area contributed by atoms with Crippen molar-refractivity contribution in [1.82, 2.24) is 9.78 Å². The molecular weight excluding hydrogens is 304 g/mol. The zero-order valence-electron chi connectivity index (χ0n) is 11.3. The average molecular weight is 323 g/mol. The Hall–Kier alpha value is -1.49. The van der Waals surface area contributed by atoms with Crippen LogP contribution >= 0.6 is 15.9 Å². The zero-order chi connectivity index (χ0) is 13.8. The van der Waals surface area contributed by atoms with Crippen LogP contribution in [0.2, 0.25) is 0 Å². The summed E-state index contributed by atoms with van der Waals surface area (Å²) in [4.78, 5) is 0. The average Bonchev–Trinajstić information content (AvgIpc) is 2.63. The third-order valence-electron chi connectivity index (χ3n) is 3.00. The molecule has 0 atom stereocenters. The molecule has 0 saturated carbocycles. The van der Waals surface area contributed by atoms with Crippen molar-refractivity contribution in [3.8, 4) is 0 Å². The van der Waals surface area contributed by atoms with E-state index in [-0.39, 0.29) is 0 Å². The molecule has 1 aromatic carbocycles. The second-order valence-electron chi connectivity index (χ2n) is 4.57. The Morgan fingerprint density at radius 1 is 1.42 bits per heavy atom. The summed E-state index contributed by atoms with van der Waals surface area (Å²) in [6.07, 6.45) is 1.96. The highest BCUT2D eigenvalue weighted by Gasteiger charge is 2.12. The maximum atomic E-state index is 6.13. The van der Waals surface area contributed by atoms with E-state index in [1.54, 1.807) is 0 Å². The lowest BCUT2D eigenvalue weighted by molar-refractivity contribution is 0.735. The lowest BCUT2D eigenvalue weighted by Crippen LogP contribution is -2.06. The van der Waals surface area contributed by atoms with Crippen LogP contribution in [0.5, 0.6) is 0 Å². The van der Waals surface area contributed by atoms with Crippen molar-refractivity contribution in [2.24, 2.45) is 7.05 Å². The Labute approximate surface area is 122 Å². The van der Waals surface area contributed by atoms with E-state index in [0.29, 0.717) is 0 Å². The van der Waals surface area contributed by atoms with Gasteiger partial charge in [-0.15, -0.1) is 0 Å². The molecule has 2 rings (SSSR count). The van der Waals surface area contributed by atoms with Crippen LogP contribution < -0.4 is 11.1 Å². The molecule has 0 aliphatic rings. The standard InChI is InChI=1S/C14H19BrN4/c1-3-5-12-13(16)14(19(2)18-12)17-9-10-6-4-7-11(15)8-10/h4,6-8,17H,3,5,9,16H2,1-2H3. The molecule has 4 nitrogen and oxygen atoms in total. The largest absolute Gasteiger partial charge is 0.394 e. The van der Waals surface area contributed by atoms with E-state index >= 15 is 0 Å². The highest BCUT2D eigenvalue weighted by Crippen LogP contribution is 2.23. The molecule has 0 unspecified atom stereocenters. The number of hydrogen-bond acceptors (Lipinski definition) is 3. The third kappa shape index (κ3) is 3.29. The number of aromatic nitrogens is 2. The van der Waals surface area contributed by atoms with Crippen molar-refractivity contribution in [2.75, 3.05) is 11.1 Å². The minimum atomic E-state index is 0.731. The van der Waals surface area contributed by atoms with Crippen molar-refractivity contribution in [3.05, 3.63) is 40.0 Å². The Kier molecular flexibility index (Phi) is 4.47.